The monoisotopic (exact) mass is 512 g/mol. The molecule has 1 aromatic rings. The molecule has 200 valence electrons. The molecule has 36 heavy (non-hydrogen) atoms. The molecule has 0 bridgehead atoms. The first kappa shape index (κ1) is 29.8. The number of imidazole rings is 1. The smallest absolute Gasteiger partial charge is 0.328 e. The highest BCUT2D eigenvalue weighted by molar-refractivity contribution is 5.95. The number of amides is 4. The molecule has 0 fully saturated rings. The fraction of sp³-hybridized carbons (Fsp3) is 0.526. The van der Waals surface area contributed by atoms with Crippen LogP contribution in [0.2, 0.25) is 0 Å². The summed E-state index contributed by atoms with van der Waals surface area (Å²) in [5.41, 5.74) is 21.7. The lowest BCUT2D eigenvalue weighted by Gasteiger charge is -2.24. The van der Waals surface area contributed by atoms with E-state index in [4.69, 9.17) is 28.0 Å². The van der Waals surface area contributed by atoms with Gasteiger partial charge in [0, 0.05) is 24.9 Å². The number of aromatic nitrogens is 2. The SMILES string of the molecule is NC(=O)CC(N)C(=O)NC(CCCN=C(N)N)C(=O)NC(Cc1cnc[nH]1)C(=O)NC(CO)C(=O)O. The van der Waals surface area contributed by atoms with E-state index in [9.17, 15) is 29.1 Å². The number of nitrogens with one attached hydrogen (secondary N) is 4. The van der Waals surface area contributed by atoms with Crippen molar-refractivity contribution in [2.24, 2.45) is 27.9 Å². The maximum atomic E-state index is 13.1. The van der Waals surface area contributed by atoms with Crippen molar-refractivity contribution in [3.63, 3.8) is 0 Å². The minimum atomic E-state index is -1.61. The second-order valence-electron chi connectivity index (χ2n) is 7.71. The van der Waals surface area contributed by atoms with E-state index in [1.54, 1.807) is 0 Å². The molecule has 1 heterocycles. The topological polar surface area (TPSA) is 307 Å². The van der Waals surface area contributed by atoms with Gasteiger partial charge in [-0.15, -0.1) is 0 Å². The number of carbonyl (C=O) groups excluding carboxylic acids is 4. The van der Waals surface area contributed by atoms with E-state index in [1.807, 2.05) is 0 Å². The first-order valence-electron chi connectivity index (χ1n) is 10.8. The van der Waals surface area contributed by atoms with Crippen molar-refractivity contribution in [3.8, 4) is 0 Å². The molecule has 14 N–H and O–H groups in total. The van der Waals surface area contributed by atoms with Crippen molar-refractivity contribution in [3.05, 3.63) is 18.2 Å². The predicted molar refractivity (Wildman–Crippen MR) is 125 cm³/mol. The Bertz CT molecular complexity index is 933. The van der Waals surface area contributed by atoms with E-state index >= 15 is 0 Å². The number of nitrogens with zero attached hydrogens (tertiary/aromatic N) is 2. The summed E-state index contributed by atoms with van der Waals surface area (Å²) in [5, 5.41) is 25.3. The minimum Gasteiger partial charge on any atom is -0.480 e. The normalized spacial score (nSPS) is 13.9. The van der Waals surface area contributed by atoms with Crippen LogP contribution in [0.1, 0.15) is 25.0 Å². The lowest BCUT2D eigenvalue weighted by atomic mass is 10.1. The van der Waals surface area contributed by atoms with Crippen LogP contribution in [0.3, 0.4) is 0 Å². The molecule has 0 aliphatic heterocycles. The molecule has 0 aliphatic carbocycles. The number of primary amides is 1. The largest absolute Gasteiger partial charge is 0.480 e. The highest BCUT2D eigenvalue weighted by Gasteiger charge is 2.30. The molecule has 0 aliphatic rings. The number of aliphatic imine (C=N–C) groups is 1. The van der Waals surface area contributed by atoms with Gasteiger partial charge in [-0.2, -0.15) is 0 Å². The number of aliphatic hydroxyl groups is 1. The van der Waals surface area contributed by atoms with Crippen LogP contribution in [0, 0.1) is 0 Å². The molecular formula is C19H32N10O7. The Morgan fingerprint density at radius 1 is 1.00 bits per heavy atom. The predicted octanol–water partition coefficient (Wildman–Crippen LogP) is -5.26. The summed E-state index contributed by atoms with van der Waals surface area (Å²) in [6, 6.07) is -5.47. The van der Waals surface area contributed by atoms with Crippen LogP contribution in [-0.4, -0.2) is 93.1 Å². The number of hydrogen-bond acceptors (Lipinski definition) is 9. The standard InChI is InChI=1S/C19H32N10O7/c20-10(5-14(21)31)15(32)27-11(2-1-3-25-19(22)23)16(33)28-12(4-9-6-24-8-26-9)17(34)29-13(7-30)18(35)36/h6,8,10-13,30H,1-5,7,20H2,(H2,21,31)(H,24,26)(H,27,32)(H,28,33)(H,29,34)(H,35,36)(H4,22,23,25). The fourth-order valence-corrected chi connectivity index (χ4v) is 2.92. The molecule has 0 saturated heterocycles. The molecule has 17 nitrogen and oxygen atoms in total. The van der Waals surface area contributed by atoms with Gasteiger partial charge in [0.15, 0.2) is 5.96 Å². The number of carboxylic acid groups (broad SMARTS) is 1. The number of nitrogens with two attached hydrogens (primary N) is 4. The molecule has 0 aromatic carbocycles. The van der Waals surface area contributed by atoms with Crippen molar-refractivity contribution < 1.29 is 34.2 Å². The number of rotatable bonds is 16. The zero-order chi connectivity index (χ0) is 27.3. The number of aromatic amines is 1. The van der Waals surface area contributed by atoms with Gasteiger partial charge in [-0.1, -0.05) is 0 Å². The summed E-state index contributed by atoms with van der Waals surface area (Å²) in [6.45, 7) is -0.753. The van der Waals surface area contributed by atoms with E-state index in [0.29, 0.717) is 5.69 Å². The van der Waals surface area contributed by atoms with Gasteiger partial charge >= 0.3 is 5.97 Å². The Morgan fingerprint density at radius 2 is 1.61 bits per heavy atom. The molecule has 4 atom stereocenters. The lowest BCUT2D eigenvalue weighted by molar-refractivity contribution is -0.143. The third-order valence-corrected chi connectivity index (χ3v) is 4.75. The Balaban J connectivity index is 3.06. The molecule has 4 unspecified atom stereocenters. The summed E-state index contributed by atoms with van der Waals surface area (Å²) in [6.07, 6.45) is 2.41. The van der Waals surface area contributed by atoms with Crippen LogP contribution >= 0.6 is 0 Å². The molecule has 1 aromatic heterocycles. The van der Waals surface area contributed by atoms with Crippen LogP contribution in [-0.2, 0) is 30.4 Å². The third kappa shape index (κ3) is 10.8. The molecule has 1 rings (SSSR count). The molecule has 4 amide bonds. The molecule has 0 spiro atoms. The number of hydrogen-bond donors (Lipinski definition) is 10. The number of aliphatic hydroxyl groups excluding tert-OH is 1. The zero-order valence-electron chi connectivity index (χ0n) is 19.3. The Hall–Kier alpha value is -4.25. The van der Waals surface area contributed by atoms with Crippen LogP contribution in [0.15, 0.2) is 17.5 Å². The molecule has 0 radical (unpaired) electrons. The molecule has 0 saturated carbocycles. The van der Waals surface area contributed by atoms with E-state index in [-0.39, 0.29) is 31.8 Å². The number of aliphatic carboxylic acids is 1. The van der Waals surface area contributed by atoms with Gasteiger partial charge in [-0.05, 0) is 12.8 Å². The number of guanidine groups is 1. The first-order chi connectivity index (χ1) is 16.9. The van der Waals surface area contributed by atoms with Crippen molar-refractivity contribution in [2.45, 2.75) is 49.9 Å². The third-order valence-electron chi connectivity index (χ3n) is 4.75. The average molecular weight is 513 g/mol. The van der Waals surface area contributed by atoms with Gasteiger partial charge in [0.2, 0.25) is 23.6 Å². The number of carbonyl (C=O) groups is 5. The first-order valence-corrected chi connectivity index (χ1v) is 10.8. The molecule has 17 heteroatoms. The molecular weight excluding hydrogens is 480 g/mol. The maximum absolute atomic E-state index is 13.1. The summed E-state index contributed by atoms with van der Waals surface area (Å²) < 4.78 is 0. The van der Waals surface area contributed by atoms with Crippen molar-refractivity contribution in [1.82, 2.24) is 25.9 Å². The Labute approximate surface area is 205 Å². The summed E-state index contributed by atoms with van der Waals surface area (Å²) >= 11 is 0. The van der Waals surface area contributed by atoms with E-state index in [0.717, 1.165) is 0 Å². The minimum absolute atomic E-state index is 0.0183. The summed E-state index contributed by atoms with van der Waals surface area (Å²) in [7, 11) is 0. The van der Waals surface area contributed by atoms with Gasteiger partial charge in [0.05, 0.1) is 25.4 Å². The Morgan fingerprint density at radius 3 is 2.14 bits per heavy atom. The lowest BCUT2D eigenvalue weighted by Crippen LogP contribution is -2.58. The Kier molecular flexibility index (Phi) is 12.3. The van der Waals surface area contributed by atoms with Gasteiger partial charge in [-0.3, -0.25) is 24.2 Å². The second kappa shape index (κ2) is 14.9. The van der Waals surface area contributed by atoms with Crippen LogP contribution < -0.4 is 38.9 Å². The number of carboxylic acids is 1. The van der Waals surface area contributed by atoms with Crippen molar-refractivity contribution >= 4 is 35.6 Å². The van der Waals surface area contributed by atoms with Gasteiger partial charge in [-0.25, -0.2) is 9.78 Å². The van der Waals surface area contributed by atoms with Gasteiger partial charge < -0.3 is 54.1 Å². The van der Waals surface area contributed by atoms with Crippen LogP contribution in [0.4, 0.5) is 0 Å². The van der Waals surface area contributed by atoms with E-state index < -0.39 is 66.8 Å². The highest BCUT2D eigenvalue weighted by atomic mass is 16.4. The van der Waals surface area contributed by atoms with Crippen molar-refractivity contribution in [2.75, 3.05) is 13.2 Å². The van der Waals surface area contributed by atoms with E-state index in [1.165, 1.54) is 12.5 Å². The summed E-state index contributed by atoms with van der Waals surface area (Å²) in [5.74, 6) is -5.02. The van der Waals surface area contributed by atoms with Gasteiger partial charge in [0.25, 0.3) is 0 Å². The maximum Gasteiger partial charge on any atom is 0.328 e. The van der Waals surface area contributed by atoms with Crippen molar-refractivity contribution in [1.29, 1.82) is 0 Å². The van der Waals surface area contributed by atoms with Crippen LogP contribution in [0.5, 0.6) is 0 Å². The van der Waals surface area contributed by atoms with Crippen LogP contribution in [0.25, 0.3) is 0 Å². The number of H-pyrrole nitrogens is 1. The zero-order valence-corrected chi connectivity index (χ0v) is 19.3. The average Bonchev–Trinajstić information content (AvgIpc) is 3.30. The highest BCUT2D eigenvalue weighted by Crippen LogP contribution is 2.05. The van der Waals surface area contributed by atoms with E-state index in [2.05, 4.69) is 30.9 Å². The second-order valence-corrected chi connectivity index (χ2v) is 7.71. The fourth-order valence-electron chi connectivity index (χ4n) is 2.92. The quantitative estimate of drug-likeness (QED) is 0.0566. The summed E-state index contributed by atoms with van der Waals surface area (Å²) in [4.78, 5) is 70.9. The van der Waals surface area contributed by atoms with Gasteiger partial charge in [0.1, 0.15) is 18.1 Å².